The van der Waals surface area contributed by atoms with Crippen LogP contribution in [0, 0.1) is 0 Å². The fourth-order valence-electron chi connectivity index (χ4n) is 2.58. The van der Waals surface area contributed by atoms with Crippen molar-refractivity contribution in [2.24, 2.45) is 0 Å². The number of hydrogen-bond donors (Lipinski definition) is 1. The van der Waals surface area contributed by atoms with Crippen molar-refractivity contribution in [3.05, 3.63) is 23.8 Å². The normalized spacial score (nSPS) is 19.6. The summed E-state index contributed by atoms with van der Waals surface area (Å²) in [6.07, 6.45) is 0.204. The lowest BCUT2D eigenvalue weighted by atomic mass is 10.2. The maximum Gasteiger partial charge on any atom is 0.243 e. The summed E-state index contributed by atoms with van der Waals surface area (Å²) < 4.78 is 26.2. The Bertz CT molecular complexity index is 729. The molecule has 2 aliphatic heterocycles. The van der Waals surface area contributed by atoms with Crippen molar-refractivity contribution in [2.45, 2.75) is 11.3 Å². The van der Waals surface area contributed by atoms with Crippen LogP contribution in [0.5, 0.6) is 0 Å². The van der Waals surface area contributed by atoms with E-state index in [1.54, 1.807) is 13.1 Å². The Labute approximate surface area is 122 Å². The number of amides is 2. The largest absolute Gasteiger partial charge is 0.354 e. The number of fused-ring (bicyclic) bond motifs is 1. The number of likely N-dealkylation sites (N-methyl/N-ethyl adjacent to an activating group) is 1. The van der Waals surface area contributed by atoms with Gasteiger partial charge in [0.25, 0.3) is 0 Å². The van der Waals surface area contributed by atoms with Crippen molar-refractivity contribution >= 4 is 27.5 Å². The van der Waals surface area contributed by atoms with Gasteiger partial charge in [-0.05, 0) is 23.8 Å². The van der Waals surface area contributed by atoms with Crippen LogP contribution in [0.1, 0.15) is 5.56 Å². The molecule has 0 aromatic heterocycles. The van der Waals surface area contributed by atoms with Gasteiger partial charge in [0.15, 0.2) is 0 Å². The minimum Gasteiger partial charge on any atom is -0.354 e. The third-order valence-corrected chi connectivity index (χ3v) is 5.61. The molecule has 8 heteroatoms. The summed E-state index contributed by atoms with van der Waals surface area (Å²) in [4.78, 5) is 24.6. The molecule has 7 nitrogen and oxygen atoms in total. The van der Waals surface area contributed by atoms with E-state index in [4.69, 9.17) is 0 Å². The lowest BCUT2D eigenvalue weighted by Gasteiger charge is -2.26. The number of benzene rings is 1. The third-order valence-electron chi connectivity index (χ3n) is 3.77. The first kappa shape index (κ1) is 14.0. The van der Waals surface area contributed by atoms with Crippen molar-refractivity contribution < 1.29 is 18.0 Å². The van der Waals surface area contributed by atoms with Crippen LogP contribution in [0.25, 0.3) is 0 Å². The first-order chi connectivity index (χ1) is 9.89. The predicted molar refractivity (Wildman–Crippen MR) is 75.3 cm³/mol. The highest BCUT2D eigenvalue weighted by atomic mass is 32.2. The van der Waals surface area contributed by atoms with Gasteiger partial charge in [-0.2, -0.15) is 4.31 Å². The van der Waals surface area contributed by atoms with Crippen molar-refractivity contribution in [3.8, 4) is 0 Å². The standard InChI is InChI=1S/C13H15N3O4S/c1-15-11-3-2-10(6-9(11)7-13(15)18)21(19,20)16-5-4-14-12(17)8-16/h2-3,6H,4-5,7-8H2,1H3,(H,14,17). The molecule has 0 atom stereocenters. The molecule has 1 N–H and O–H groups in total. The number of anilines is 1. The number of sulfonamides is 1. The van der Waals surface area contributed by atoms with E-state index in [2.05, 4.69) is 5.32 Å². The Morgan fingerprint density at radius 1 is 1.24 bits per heavy atom. The molecule has 1 fully saturated rings. The van der Waals surface area contributed by atoms with Gasteiger partial charge in [-0.15, -0.1) is 0 Å². The van der Waals surface area contributed by atoms with Gasteiger partial charge in [0.2, 0.25) is 21.8 Å². The average molecular weight is 309 g/mol. The number of nitrogens with one attached hydrogen (secondary N) is 1. The molecule has 0 unspecified atom stereocenters. The van der Waals surface area contributed by atoms with E-state index in [-0.39, 0.29) is 36.2 Å². The van der Waals surface area contributed by atoms with Crippen LogP contribution in [-0.4, -0.2) is 51.2 Å². The van der Waals surface area contributed by atoms with Crippen LogP contribution in [0.3, 0.4) is 0 Å². The second-order valence-corrected chi connectivity index (χ2v) is 7.05. The molecule has 3 rings (SSSR count). The van der Waals surface area contributed by atoms with Gasteiger partial charge in [0.1, 0.15) is 0 Å². The van der Waals surface area contributed by atoms with Crippen LogP contribution in [0.2, 0.25) is 0 Å². The van der Waals surface area contributed by atoms with Crippen LogP contribution >= 0.6 is 0 Å². The summed E-state index contributed by atoms with van der Waals surface area (Å²) >= 11 is 0. The highest BCUT2D eigenvalue weighted by Gasteiger charge is 2.31. The molecule has 0 aliphatic carbocycles. The topological polar surface area (TPSA) is 86.8 Å². The summed E-state index contributed by atoms with van der Waals surface area (Å²) in [5.74, 6) is -0.363. The van der Waals surface area contributed by atoms with Gasteiger partial charge in [-0.25, -0.2) is 8.42 Å². The first-order valence-corrected chi connectivity index (χ1v) is 8.00. The zero-order valence-corrected chi connectivity index (χ0v) is 12.3. The Hall–Kier alpha value is -1.93. The molecule has 2 aliphatic rings. The number of hydrogen-bond acceptors (Lipinski definition) is 4. The van der Waals surface area contributed by atoms with Gasteiger partial charge < -0.3 is 10.2 Å². The number of carbonyl (C=O) groups is 2. The molecule has 1 saturated heterocycles. The lowest BCUT2D eigenvalue weighted by molar-refractivity contribution is -0.122. The zero-order chi connectivity index (χ0) is 15.2. The Kier molecular flexibility index (Phi) is 3.22. The van der Waals surface area contributed by atoms with Gasteiger partial charge in [0, 0.05) is 25.8 Å². The second-order valence-electron chi connectivity index (χ2n) is 5.11. The molecule has 1 aromatic rings. The fourth-order valence-corrected chi connectivity index (χ4v) is 4.02. The molecule has 0 saturated carbocycles. The SMILES string of the molecule is CN1C(=O)Cc2cc(S(=O)(=O)N3CCNC(=O)C3)ccc21. The second kappa shape index (κ2) is 4.81. The number of nitrogens with zero attached hydrogens (tertiary/aromatic N) is 2. The van der Waals surface area contributed by atoms with Gasteiger partial charge >= 0.3 is 0 Å². The lowest BCUT2D eigenvalue weighted by Crippen LogP contribution is -2.49. The molecule has 0 bridgehead atoms. The summed E-state index contributed by atoms with van der Waals surface area (Å²) in [5.41, 5.74) is 1.43. The minimum absolute atomic E-state index is 0.0584. The summed E-state index contributed by atoms with van der Waals surface area (Å²) in [5, 5.41) is 2.59. The van der Waals surface area contributed by atoms with Crippen molar-refractivity contribution in [1.29, 1.82) is 0 Å². The molecule has 112 valence electrons. The quantitative estimate of drug-likeness (QED) is 0.784. The van der Waals surface area contributed by atoms with E-state index in [9.17, 15) is 18.0 Å². The Morgan fingerprint density at radius 3 is 2.71 bits per heavy atom. The maximum absolute atomic E-state index is 12.5. The van der Waals surface area contributed by atoms with E-state index in [0.717, 1.165) is 9.99 Å². The van der Waals surface area contributed by atoms with E-state index in [1.165, 1.54) is 17.0 Å². The molecule has 2 heterocycles. The van der Waals surface area contributed by atoms with Crippen molar-refractivity contribution in [3.63, 3.8) is 0 Å². The monoisotopic (exact) mass is 309 g/mol. The van der Waals surface area contributed by atoms with Crippen molar-refractivity contribution in [2.75, 3.05) is 31.6 Å². The molecular formula is C13H15N3O4S. The van der Waals surface area contributed by atoms with Crippen molar-refractivity contribution in [1.82, 2.24) is 9.62 Å². The van der Waals surface area contributed by atoms with Gasteiger partial charge in [-0.1, -0.05) is 0 Å². The van der Waals surface area contributed by atoms with Gasteiger partial charge in [0.05, 0.1) is 17.9 Å². The van der Waals surface area contributed by atoms with Crippen LogP contribution in [0.15, 0.2) is 23.1 Å². The molecule has 1 aromatic carbocycles. The zero-order valence-electron chi connectivity index (χ0n) is 11.5. The van der Waals surface area contributed by atoms with E-state index in [1.807, 2.05) is 0 Å². The van der Waals surface area contributed by atoms with E-state index >= 15 is 0 Å². The molecule has 0 spiro atoms. The summed E-state index contributed by atoms with van der Waals surface area (Å²) in [6.45, 7) is 0.395. The highest BCUT2D eigenvalue weighted by Crippen LogP contribution is 2.30. The molecule has 21 heavy (non-hydrogen) atoms. The smallest absolute Gasteiger partial charge is 0.243 e. The van der Waals surface area contributed by atoms with E-state index in [0.29, 0.717) is 12.1 Å². The number of carbonyl (C=O) groups excluding carboxylic acids is 2. The highest BCUT2D eigenvalue weighted by molar-refractivity contribution is 7.89. The van der Waals surface area contributed by atoms with Gasteiger partial charge in [-0.3, -0.25) is 9.59 Å². The van der Waals surface area contributed by atoms with Crippen LogP contribution in [-0.2, 0) is 26.0 Å². The molecular weight excluding hydrogens is 294 g/mol. The number of piperazine rings is 1. The summed E-state index contributed by atoms with van der Waals surface area (Å²) in [6, 6.07) is 4.64. The maximum atomic E-state index is 12.5. The number of rotatable bonds is 2. The fraction of sp³-hybridized carbons (Fsp3) is 0.385. The third kappa shape index (κ3) is 2.30. The van der Waals surface area contributed by atoms with Crippen LogP contribution in [0.4, 0.5) is 5.69 Å². The van der Waals surface area contributed by atoms with E-state index < -0.39 is 10.0 Å². The summed E-state index contributed by atoms with van der Waals surface area (Å²) in [7, 11) is -2.04. The first-order valence-electron chi connectivity index (χ1n) is 6.56. The Balaban J connectivity index is 1.96. The predicted octanol–water partition coefficient (Wildman–Crippen LogP) is -0.674. The Morgan fingerprint density at radius 2 is 2.00 bits per heavy atom. The average Bonchev–Trinajstić information content (AvgIpc) is 2.73. The van der Waals surface area contributed by atoms with Crippen LogP contribution < -0.4 is 10.2 Å². The molecule has 2 amide bonds. The minimum atomic E-state index is -3.71. The molecule has 0 radical (unpaired) electrons.